The van der Waals surface area contributed by atoms with Gasteiger partial charge in [0.2, 0.25) is 5.91 Å². The fourth-order valence-electron chi connectivity index (χ4n) is 1.24. The zero-order valence-corrected chi connectivity index (χ0v) is 8.47. The van der Waals surface area contributed by atoms with Gasteiger partial charge in [-0.1, -0.05) is 13.8 Å². The Morgan fingerprint density at radius 2 is 2.00 bits per heavy atom. The maximum Gasteiger partial charge on any atom is 0.223 e. The first kappa shape index (κ1) is 10.5. The van der Waals surface area contributed by atoms with E-state index in [1.165, 1.54) is 0 Å². The predicted molar refractivity (Wildman–Crippen MR) is 51.3 cm³/mol. The minimum absolute atomic E-state index is 0.111. The summed E-state index contributed by atoms with van der Waals surface area (Å²) in [5.74, 6) is 0.346. The molecule has 0 bridgehead atoms. The maximum atomic E-state index is 11.3. The smallest absolute Gasteiger partial charge is 0.223 e. The van der Waals surface area contributed by atoms with Crippen LogP contribution in [0.5, 0.6) is 0 Å². The van der Waals surface area contributed by atoms with Crippen LogP contribution in [0.4, 0.5) is 0 Å². The number of amides is 1. The number of aliphatic hydroxyl groups is 1. The average molecular weight is 185 g/mol. The highest BCUT2D eigenvalue weighted by Crippen LogP contribution is 2.28. The van der Waals surface area contributed by atoms with Crippen LogP contribution in [0, 0.1) is 5.92 Å². The number of hydrogen-bond donors (Lipinski definition) is 2. The molecule has 0 atom stereocenters. The molecule has 0 aliphatic heterocycles. The molecule has 13 heavy (non-hydrogen) atoms. The van der Waals surface area contributed by atoms with E-state index in [-0.39, 0.29) is 11.8 Å². The van der Waals surface area contributed by atoms with Gasteiger partial charge in [0.1, 0.15) is 0 Å². The molecule has 1 rings (SSSR count). The summed E-state index contributed by atoms with van der Waals surface area (Å²) in [7, 11) is 0. The summed E-state index contributed by atoms with van der Waals surface area (Å²) in [6, 6.07) is 0. The van der Waals surface area contributed by atoms with Crippen LogP contribution < -0.4 is 5.32 Å². The summed E-state index contributed by atoms with van der Waals surface area (Å²) in [6.45, 7) is 4.27. The van der Waals surface area contributed by atoms with Gasteiger partial charge in [-0.15, -0.1) is 0 Å². The van der Waals surface area contributed by atoms with Crippen LogP contribution >= 0.6 is 0 Å². The van der Waals surface area contributed by atoms with Gasteiger partial charge in [0, 0.05) is 12.5 Å². The average Bonchev–Trinajstić information content (AvgIpc) is 2.97. The van der Waals surface area contributed by atoms with Gasteiger partial charge in [0.15, 0.2) is 0 Å². The van der Waals surface area contributed by atoms with Crippen molar-refractivity contribution in [2.24, 2.45) is 5.92 Å². The maximum absolute atomic E-state index is 11.3. The number of carbonyl (C=O) groups is 1. The van der Waals surface area contributed by atoms with Crippen molar-refractivity contribution < 1.29 is 9.90 Å². The summed E-state index contributed by atoms with van der Waals surface area (Å²) in [5.41, 5.74) is -0.704. The van der Waals surface area contributed by atoms with Crippen LogP contribution in [0.2, 0.25) is 0 Å². The molecule has 2 N–H and O–H groups in total. The summed E-state index contributed by atoms with van der Waals surface area (Å²) >= 11 is 0. The summed E-state index contributed by atoms with van der Waals surface area (Å²) < 4.78 is 0. The summed E-state index contributed by atoms with van der Waals surface area (Å²) in [5, 5.41) is 12.7. The minimum atomic E-state index is -0.704. The molecule has 3 nitrogen and oxygen atoms in total. The SMILES string of the molecule is CCC(O)(CC)CNC(=O)C1CC1. The van der Waals surface area contributed by atoms with Crippen molar-refractivity contribution in [1.29, 1.82) is 0 Å². The number of carbonyl (C=O) groups excluding carboxylic acids is 1. The number of hydrogen-bond acceptors (Lipinski definition) is 2. The van der Waals surface area contributed by atoms with Crippen LogP contribution in [-0.2, 0) is 4.79 Å². The molecule has 1 fully saturated rings. The first-order chi connectivity index (χ1) is 6.11. The third-order valence-electron chi connectivity index (χ3n) is 2.86. The lowest BCUT2D eigenvalue weighted by molar-refractivity contribution is -0.123. The molecule has 3 heteroatoms. The zero-order chi connectivity index (χ0) is 9.90. The Labute approximate surface area is 79.5 Å². The van der Waals surface area contributed by atoms with Gasteiger partial charge in [0.05, 0.1) is 5.60 Å². The second-order valence-corrected chi connectivity index (χ2v) is 3.92. The van der Waals surface area contributed by atoms with Crippen LogP contribution in [0.25, 0.3) is 0 Å². The second kappa shape index (κ2) is 4.09. The highest BCUT2D eigenvalue weighted by Gasteiger charge is 2.31. The van der Waals surface area contributed by atoms with Crippen molar-refractivity contribution >= 4 is 5.91 Å². The predicted octanol–water partition coefficient (Wildman–Crippen LogP) is 1.06. The van der Waals surface area contributed by atoms with E-state index in [9.17, 15) is 9.90 Å². The van der Waals surface area contributed by atoms with Gasteiger partial charge >= 0.3 is 0 Å². The van der Waals surface area contributed by atoms with Crippen molar-refractivity contribution in [3.63, 3.8) is 0 Å². The van der Waals surface area contributed by atoms with Crippen LogP contribution in [0.15, 0.2) is 0 Å². The van der Waals surface area contributed by atoms with E-state index in [1.54, 1.807) is 0 Å². The molecule has 0 aromatic heterocycles. The Morgan fingerprint density at radius 1 is 1.46 bits per heavy atom. The molecule has 0 saturated heterocycles. The summed E-state index contributed by atoms with van der Waals surface area (Å²) in [4.78, 5) is 11.3. The van der Waals surface area contributed by atoms with Crippen molar-refractivity contribution in [2.45, 2.75) is 45.1 Å². The monoisotopic (exact) mass is 185 g/mol. The van der Waals surface area contributed by atoms with E-state index in [1.807, 2.05) is 13.8 Å². The molecule has 0 heterocycles. The molecular formula is C10H19NO2. The highest BCUT2D eigenvalue weighted by atomic mass is 16.3. The van der Waals surface area contributed by atoms with Crippen molar-refractivity contribution in [3.05, 3.63) is 0 Å². The van der Waals surface area contributed by atoms with Gasteiger partial charge in [0.25, 0.3) is 0 Å². The lowest BCUT2D eigenvalue weighted by atomic mass is 9.97. The molecule has 76 valence electrons. The standard InChI is InChI=1S/C10H19NO2/c1-3-10(13,4-2)7-11-9(12)8-5-6-8/h8,13H,3-7H2,1-2H3,(H,11,12). The van der Waals surface area contributed by atoms with Gasteiger partial charge < -0.3 is 10.4 Å². The lowest BCUT2D eigenvalue weighted by Crippen LogP contribution is -2.42. The first-order valence-corrected chi connectivity index (χ1v) is 5.11. The van der Waals surface area contributed by atoms with Crippen LogP contribution in [0.3, 0.4) is 0 Å². The van der Waals surface area contributed by atoms with E-state index in [4.69, 9.17) is 0 Å². The lowest BCUT2D eigenvalue weighted by Gasteiger charge is -2.25. The van der Waals surface area contributed by atoms with E-state index in [0.717, 1.165) is 12.8 Å². The topological polar surface area (TPSA) is 49.3 Å². The zero-order valence-electron chi connectivity index (χ0n) is 8.47. The van der Waals surface area contributed by atoms with Gasteiger partial charge in [-0.05, 0) is 25.7 Å². The van der Waals surface area contributed by atoms with E-state index in [2.05, 4.69) is 5.32 Å². The normalized spacial score (nSPS) is 17.2. The van der Waals surface area contributed by atoms with Crippen molar-refractivity contribution in [2.75, 3.05) is 6.54 Å². The van der Waals surface area contributed by atoms with Crippen molar-refractivity contribution in [1.82, 2.24) is 5.32 Å². The Hall–Kier alpha value is -0.570. The second-order valence-electron chi connectivity index (χ2n) is 3.92. The molecule has 0 unspecified atom stereocenters. The van der Waals surface area contributed by atoms with E-state index in [0.29, 0.717) is 19.4 Å². The quantitative estimate of drug-likeness (QED) is 0.673. The highest BCUT2D eigenvalue weighted by molar-refractivity contribution is 5.80. The molecule has 0 aromatic carbocycles. The van der Waals surface area contributed by atoms with E-state index < -0.39 is 5.60 Å². The third kappa shape index (κ3) is 2.99. The minimum Gasteiger partial charge on any atom is -0.388 e. The Balaban J connectivity index is 2.26. The Bertz CT molecular complexity index is 183. The Morgan fingerprint density at radius 3 is 2.38 bits per heavy atom. The van der Waals surface area contributed by atoms with Crippen LogP contribution in [-0.4, -0.2) is 23.2 Å². The molecular weight excluding hydrogens is 166 g/mol. The van der Waals surface area contributed by atoms with Crippen LogP contribution in [0.1, 0.15) is 39.5 Å². The Kier molecular flexibility index (Phi) is 3.31. The molecule has 0 aromatic rings. The number of nitrogens with one attached hydrogen (secondary N) is 1. The molecule has 1 aliphatic rings. The molecule has 0 spiro atoms. The first-order valence-electron chi connectivity index (χ1n) is 5.11. The van der Waals surface area contributed by atoms with Gasteiger partial charge in [-0.3, -0.25) is 4.79 Å². The molecule has 0 radical (unpaired) electrons. The fourth-order valence-corrected chi connectivity index (χ4v) is 1.24. The van der Waals surface area contributed by atoms with Gasteiger partial charge in [-0.25, -0.2) is 0 Å². The van der Waals surface area contributed by atoms with E-state index >= 15 is 0 Å². The molecule has 1 aliphatic carbocycles. The molecule has 1 saturated carbocycles. The largest absolute Gasteiger partial charge is 0.388 e. The molecule has 1 amide bonds. The van der Waals surface area contributed by atoms with Gasteiger partial charge in [-0.2, -0.15) is 0 Å². The number of rotatable bonds is 5. The fraction of sp³-hybridized carbons (Fsp3) is 0.900. The van der Waals surface area contributed by atoms with Crippen molar-refractivity contribution in [3.8, 4) is 0 Å². The third-order valence-corrected chi connectivity index (χ3v) is 2.86. The summed E-state index contributed by atoms with van der Waals surface area (Å²) in [6.07, 6.45) is 3.41.